The maximum atomic E-state index is 12.0. The Balaban J connectivity index is 3.70. The molecular weight excluding hydrogens is 168 g/mol. The summed E-state index contributed by atoms with van der Waals surface area (Å²) < 4.78 is 44.1. The zero-order valence-corrected chi connectivity index (χ0v) is 5.69. The molecule has 58 valence electrons. The summed E-state index contributed by atoms with van der Waals surface area (Å²) in [5.41, 5.74) is 0. The Morgan fingerprint density at radius 3 is 2.50 bits per heavy atom. The van der Waals surface area contributed by atoms with Gasteiger partial charge in [0.15, 0.2) is 0 Å². The highest BCUT2D eigenvalue weighted by Crippen LogP contribution is 2.26. The summed E-state index contributed by atoms with van der Waals surface area (Å²) in [5, 5.41) is 0. The van der Waals surface area contributed by atoms with E-state index in [4.69, 9.17) is 4.89 Å². The Labute approximate surface area is 56.2 Å². The summed E-state index contributed by atoms with van der Waals surface area (Å²) in [6.07, 6.45) is -2.48. The van der Waals surface area contributed by atoms with E-state index in [9.17, 15) is 17.7 Å². The van der Waals surface area contributed by atoms with Crippen LogP contribution < -0.4 is 0 Å². The zero-order chi connectivity index (χ0) is 8.15. The molecule has 0 heterocycles. The topological polar surface area (TPSA) is 37.3 Å². The highest BCUT2D eigenvalue weighted by Gasteiger charge is 2.26. The lowest BCUT2D eigenvalue weighted by molar-refractivity contribution is 0.376. The van der Waals surface area contributed by atoms with E-state index in [1.165, 1.54) is 0 Å². The molecule has 0 spiro atoms. The summed E-state index contributed by atoms with van der Waals surface area (Å²) in [6.45, 7) is 0. The van der Waals surface area contributed by atoms with E-state index in [2.05, 4.69) is 0 Å². The number of hydrogen-bond donors (Lipinski definition) is 1. The fraction of sp³-hybridized carbons (Fsp3) is 0.500. The lowest BCUT2D eigenvalue weighted by Crippen LogP contribution is -1.89. The quantitative estimate of drug-likeness (QED) is 0.664. The average Bonchev–Trinajstić information content (AvgIpc) is 1.82. The Morgan fingerprint density at radius 1 is 1.70 bits per heavy atom. The van der Waals surface area contributed by atoms with E-state index in [1.807, 2.05) is 0 Å². The molecule has 0 aromatic carbocycles. The second-order valence-electron chi connectivity index (χ2n) is 1.47. The number of halogens is 3. The summed E-state index contributed by atoms with van der Waals surface area (Å²) in [6, 6.07) is 0. The van der Waals surface area contributed by atoms with Gasteiger partial charge in [-0.15, -0.1) is 0 Å². The molecule has 2 nitrogen and oxygen atoms in total. The van der Waals surface area contributed by atoms with Crippen molar-refractivity contribution >= 4 is 8.03 Å². The van der Waals surface area contributed by atoms with E-state index < -0.39 is 26.4 Å². The van der Waals surface area contributed by atoms with E-state index in [-0.39, 0.29) is 6.08 Å². The molecule has 0 amide bonds. The van der Waals surface area contributed by atoms with Crippen LogP contribution in [0.2, 0.25) is 0 Å². The van der Waals surface area contributed by atoms with E-state index in [1.54, 1.807) is 0 Å². The molecule has 6 heteroatoms. The van der Waals surface area contributed by atoms with Crippen molar-refractivity contribution < 1.29 is 22.6 Å². The molecule has 0 fully saturated rings. The number of hydrogen-bond acceptors (Lipinski definition) is 1. The lowest BCUT2D eigenvalue weighted by Gasteiger charge is -1.84. The molecule has 0 bridgehead atoms. The molecule has 2 unspecified atom stereocenters. The van der Waals surface area contributed by atoms with Gasteiger partial charge in [-0.25, -0.2) is 0 Å². The molecule has 0 rings (SSSR count). The van der Waals surface area contributed by atoms with Crippen LogP contribution in [0.1, 0.15) is 6.42 Å². The van der Waals surface area contributed by atoms with Gasteiger partial charge in [0.25, 0.3) is 6.08 Å². The molecule has 0 saturated carbocycles. The van der Waals surface area contributed by atoms with Gasteiger partial charge >= 0.3 is 13.9 Å². The third kappa shape index (κ3) is 4.47. The van der Waals surface area contributed by atoms with Gasteiger partial charge < -0.3 is 0 Å². The Bertz CT molecular complexity index is 155. The van der Waals surface area contributed by atoms with Crippen molar-refractivity contribution in [3.8, 4) is 0 Å². The predicted molar refractivity (Wildman–Crippen MR) is 29.6 cm³/mol. The molecule has 0 aliphatic carbocycles. The lowest BCUT2D eigenvalue weighted by atomic mass is 10.5. The summed E-state index contributed by atoms with van der Waals surface area (Å²) in [4.78, 5) is 7.99. The minimum atomic E-state index is -2.99. The van der Waals surface area contributed by atoms with Crippen molar-refractivity contribution in [1.82, 2.24) is 0 Å². The molecule has 0 radical (unpaired) electrons. The third-order valence-corrected chi connectivity index (χ3v) is 1.40. The van der Waals surface area contributed by atoms with Crippen molar-refractivity contribution in [2.45, 2.75) is 12.3 Å². The second kappa shape index (κ2) is 4.41. The largest absolute Gasteiger partial charge is 0.542 e. The van der Waals surface area contributed by atoms with Crippen LogP contribution in [0.5, 0.6) is 0 Å². The normalized spacial score (nSPS) is 14.2. The molecule has 1 N–H and O–H groups in total. The van der Waals surface area contributed by atoms with Crippen molar-refractivity contribution in [3.05, 3.63) is 12.2 Å². The van der Waals surface area contributed by atoms with E-state index in [0.29, 0.717) is 0 Å². The van der Waals surface area contributed by atoms with Gasteiger partial charge in [0.1, 0.15) is 0 Å². The predicted octanol–water partition coefficient (Wildman–Crippen LogP) is 2.19. The third-order valence-electron chi connectivity index (χ3n) is 0.706. The van der Waals surface area contributed by atoms with Gasteiger partial charge in [-0.2, -0.15) is 18.1 Å². The fourth-order valence-corrected chi connectivity index (χ4v) is 0.562. The maximum Gasteiger partial charge on any atom is 0.542 e. The standard InChI is InChI=1S/C4H4F3O2P/c5-3(6)1-2-4(7)10(8)9/h1,4H,2H2/p+1. The Kier molecular flexibility index (Phi) is 4.23. The Morgan fingerprint density at radius 2 is 2.20 bits per heavy atom. The van der Waals surface area contributed by atoms with Crippen molar-refractivity contribution in [3.63, 3.8) is 0 Å². The van der Waals surface area contributed by atoms with Crippen LogP contribution in [0.3, 0.4) is 0 Å². The van der Waals surface area contributed by atoms with Crippen LogP contribution in [-0.4, -0.2) is 10.8 Å². The van der Waals surface area contributed by atoms with Gasteiger partial charge in [-0.05, 0) is 10.6 Å². The zero-order valence-electron chi connectivity index (χ0n) is 4.80. The highest BCUT2D eigenvalue weighted by molar-refractivity contribution is 7.38. The first-order valence-electron chi connectivity index (χ1n) is 2.34. The highest BCUT2D eigenvalue weighted by atomic mass is 31.1. The fourth-order valence-electron chi connectivity index (χ4n) is 0.277. The van der Waals surface area contributed by atoms with Gasteiger partial charge in [0, 0.05) is 0 Å². The minimum absolute atomic E-state index is 0.272. The van der Waals surface area contributed by atoms with Crippen LogP contribution in [-0.2, 0) is 4.57 Å². The van der Waals surface area contributed by atoms with E-state index >= 15 is 0 Å². The van der Waals surface area contributed by atoms with Crippen LogP contribution >= 0.6 is 8.03 Å². The Hall–Kier alpha value is -0.410. The molecule has 0 aliphatic heterocycles. The molecule has 0 aliphatic rings. The van der Waals surface area contributed by atoms with Crippen LogP contribution in [0.4, 0.5) is 13.2 Å². The average molecular weight is 173 g/mol. The molecule has 0 aromatic rings. The molecule has 2 atom stereocenters. The van der Waals surface area contributed by atoms with Crippen LogP contribution in [0.15, 0.2) is 12.2 Å². The van der Waals surface area contributed by atoms with Crippen LogP contribution in [0, 0.1) is 0 Å². The summed E-state index contributed by atoms with van der Waals surface area (Å²) in [7, 11) is -2.99. The van der Waals surface area contributed by atoms with Gasteiger partial charge in [-0.3, -0.25) is 0 Å². The van der Waals surface area contributed by atoms with Gasteiger partial charge in [-0.1, -0.05) is 0 Å². The number of alkyl halides is 1. The first-order chi connectivity index (χ1) is 4.54. The van der Waals surface area contributed by atoms with E-state index in [0.717, 1.165) is 0 Å². The molecular formula is C4H5F3O2P+. The molecule has 10 heavy (non-hydrogen) atoms. The second-order valence-corrected chi connectivity index (χ2v) is 2.63. The van der Waals surface area contributed by atoms with Crippen molar-refractivity contribution in [1.29, 1.82) is 0 Å². The van der Waals surface area contributed by atoms with Crippen molar-refractivity contribution in [2.75, 3.05) is 0 Å². The van der Waals surface area contributed by atoms with Crippen LogP contribution in [0.25, 0.3) is 0 Å². The maximum absolute atomic E-state index is 12.0. The monoisotopic (exact) mass is 173 g/mol. The first-order valence-corrected chi connectivity index (χ1v) is 3.62. The molecule has 0 aromatic heterocycles. The number of allylic oxidation sites excluding steroid dienone is 1. The smallest absolute Gasteiger partial charge is 0.187 e. The van der Waals surface area contributed by atoms with Gasteiger partial charge in [0.05, 0.1) is 6.42 Å². The van der Waals surface area contributed by atoms with Crippen molar-refractivity contribution in [2.24, 2.45) is 0 Å². The molecule has 0 saturated heterocycles. The SMILES string of the molecule is O=[P+](O)C(F)CC=C(F)F. The number of rotatable bonds is 3. The summed E-state index contributed by atoms with van der Waals surface area (Å²) >= 11 is 0. The van der Waals surface area contributed by atoms with Gasteiger partial charge in [0.2, 0.25) is 0 Å². The summed E-state index contributed by atoms with van der Waals surface area (Å²) in [5.74, 6) is -2.09. The first kappa shape index (κ1) is 9.59. The minimum Gasteiger partial charge on any atom is -0.187 e.